The number of anilines is 4. The molecule has 0 radical (unpaired) electrons. The van der Waals surface area contributed by atoms with Crippen molar-refractivity contribution < 1.29 is 48.8 Å². The third-order valence-electron chi connectivity index (χ3n) is 8.97. The molecule has 14 nitrogen and oxygen atoms in total. The van der Waals surface area contributed by atoms with Crippen LogP contribution in [0.1, 0.15) is 22.3 Å². The van der Waals surface area contributed by atoms with Gasteiger partial charge in [0.15, 0.2) is 25.0 Å². The Morgan fingerprint density at radius 3 is 1.16 bits per heavy atom. The molecule has 7 aromatic rings. The quantitative estimate of drug-likeness (QED) is 0.0209. The summed E-state index contributed by atoms with van der Waals surface area (Å²) in [6.07, 6.45) is 0.0742. The zero-order valence-electron chi connectivity index (χ0n) is 33.2. The minimum atomic E-state index is -0.655. The maximum atomic E-state index is 12.7. The summed E-state index contributed by atoms with van der Waals surface area (Å²) >= 11 is 0. The molecule has 7 rings (SSSR count). The van der Waals surface area contributed by atoms with Gasteiger partial charge in [-0.1, -0.05) is 66.7 Å². The van der Waals surface area contributed by atoms with Crippen LogP contribution in [0.15, 0.2) is 170 Å². The van der Waals surface area contributed by atoms with Crippen molar-refractivity contribution >= 4 is 34.9 Å². The van der Waals surface area contributed by atoms with Crippen LogP contribution in [0.4, 0.5) is 32.3 Å². The number of phenolic OH excluding ortho intramolecular Hbond substituents is 2. The fraction of sp³-hybridized carbons (Fsp3) is 0.0833. The zero-order valence-corrected chi connectivity index (χ0v) is 33.2. The number of hydrogen-bond donors (Lipinski definition) is 6. The number of benzene rings is 7. The standard InChI is InChI=1S/C48H42N4O10/c53-41-4-1-6-43(28-41)59-47(55)51-39-22-14-35(15-23-39)26-34-12-20-38(21-13-34)50-32-58-62-46-9-3-7-44(30-46)60-48(56)52-40-24-16-36(17-25-40)27-33-10-18-37(19-11-33)49-31-57-61-45-8-2-5-42(54)29-45/h1-25,28-30,49-50,53-54H,26-27,31-32H2,(H,51,55)(H,52,56). The van der Waals surface area contributed by atoms with Crippen LogP contribution in [0.25, 0.3) is 0 Å². The number of hydrogen-bond acceptors (Lipinski definition) is 12. The highest BCUT2D eigenvalue weighted by atomic mass is 17.2. The summed E-state index contributed by atoms with van der Waals surface area (Å²) in [5.74, 6) is 1.37. The molecule has 0 aromatic heterocycles. The van der Waals surface area contributed by atoms with Gasteiger partial charge >= 0.3 is 12.2 Å². The lowest BCUT2D eigenvalue weighted by Gasteiger charge is -2.11. The Balaban J connectivity index is 0.774. The summed E-state index contributed by atoms with van der Waals surface area (Å²) < 4.78 is 10.7. The van der Waals surface area contributed by atoms with Gasteiger partial charge in [0.05, 0.1) is 0 Å². The monoisotopic (exact) mass is 834 g/mol. The van der Waals surface area contributed by atoms with Gasteiger partial charge in [-0.2, -0.15) is 9.78 Å². The number of aromatic hydroxyl groups is 2. The van der Waals surface area contributed by atoms with Crippen molar-refractivity contribution in [3.63, 3.8) is 0 Å². The first kappa shape index (κ1) is 41.9. The van der Waals surface area contributed by atoms with Gasteiger partial charge in [-0.15, -0.1) is 0 Å². The number of nitrogens with one attached hydrogen (secondary N) is 4. The second-order valence-corrected chi connectivity index (χ2v) is 13.7. The van der Waals surface area contributed by atoms with Crippen molar-refractivity contribution in [3.05, 3.63) is 192 Å². The Kier molecular flexibility index (Phi) is 14.3. The number of carbonyl (C=O) groups is 2. The molecule has 62 heavy (non-hydrogen) atoms. The van der Waals surface area contributed by atoms with E-state index in [1.54, 1.807) is 66.7 Å². The summed E-state index contributed by atoms with van der Waals surface area (Å²) in [6, 6.07) is 49.6. The average Bonchev–Trinajstić information content (AvgIpc) is 3.26. The molecule has 0 aliphatic heterocycles. The molecule has 14 heteroatoms. The van der Waals surface area contributed by atoms with E-state index in [0.29, 0.717) is 35.7 Å². The van der Waals surface area contributed by atoms with Crippen molar-refractivity contribution in [1.29, 1.82) is 0 Å². The van der Waals surface area contributed by atoms with Crippen LogP contribution in [0, 0.1) is 0 Å². The van der Waals surface area contributed by atoms with E-state index in [0.717, 1.165) is 33.6 Å². The molecule has 0 aliphatic rings. The number of amides is 2. The highest BCUT2D eigenvalue weighted by Crippen LogP contribution is 2.23. The topological polar surface area (TPSA) is 178 Å². The Morgan fingerprint density at radius 2 is 0.742 bits per heavy atom. The van der Waals surface area contributed by atoms with E-state index in [1.807, 2.05) is 84.9 Å². The van der Waals surface area contributed by atoms with Crippen molar-refractivity contribution in [2.24, 2.45) is 0 Å². The van der Waals surface area contributed by atoms with E-state index in [4.69, 9.17) is 29.0 Å². The summed E-state index contributed by atoms with van der Waals surface area (Å²) in [6.45, 7) is 0.172. The first-order valence-electron chi connectivity index (χ1n) is 19.4. The van der Waals surface area contributed by atoms with Gasteiger partial charge < -0.3 is 40.1 Å². The van der Waals surface area contributed by atoms with Gasteiger partial charge in [0.2, 0.25) is 0 Å². The molecule has 314 valence electrons. The van der Waals surface area contributed by atoms with E-state index >= 15 is 0 Å². The van der Waals surface area contributed by atoms with Gasteiger partial charge in [-0.05, 0) is 120 Å². The van der Waals surface area contributed by atoms with E-state index in [1.165, 1.54) is 18.2 Å². The van der Waals surface area contributed by atoms with E-state index in [2.05, 4.69) is 21.3 Å². The summed E-state index contributed by atoms with van der Waals surface area (Å²) in [7, 11) is 0. The van der Waals surface area contributed by atoms with E-state index in [-0.39, 0.29) is 36.5 Å². The summed E-state index contributed by atoms with van der Waals surface area (Å²) in [4.78, 5) is 45.9. The molecular formula is C48H42N4O10. The fourth-order valence-electron chi connectivity index (χ4n) is 5.96. The van der Waals surface area contributed by atoms with Crippen molar-refractivity contribution in [3.8, 4) is 34.5 Å². The van der Waals surface area contributed by atoms with Crippen LogP contribution in [0.2, 0.25) is 0 Å². The molecule has 0 spiro atoms. The molecule has 0 unspecified atom stereocenters. The normalized spacial score (nSPS) is 10.6. The van der Waals surface area contributed by atoms with Crippen LogP contribution in [0.3, 0.4) is 0 Å². The molecule has 0 fully saturated rings. The lowest BCUT2D eigenvalue weighted by atomic mass is 10.0. The van der Waals surface area contributed by atoms with Crippen molar-refractivity contribution in [2.45, 2.75) is 12.8 Å². The molecular weight excluding hydrogens is 793 g/mol. The first-order chi connectivity index (χ1) is 30.3. The molecule has 7 aromatic carbocycles. The largest absolute Gasteiger partial charge is 0.508 e. The minimum Gasteiger partial charge on any atom is -0.508 e. The maximum absolute atomic E-state index is 12.7. The summed E-state index contributed by atoms with van der Waals surface area (Å²) in [5, 5.41) is 30.7. The average molecular weight is 835 g/mol. The number of phenols is 2. The molecule has 0 saturated heterocycles. The lowest BCUT2D eigenvalue weighted by molar-refractivity contribution is -0.199. The third kappa shape index (κ3) is 13.4. The number of carbonyl (C=O) groups excluding carboxylic acids is 2. The fourth-order valence-corrected chi connectivity index (χ4v) is 5.96. The molecule has 2 amide bonds. The van der Waals surface area contributed by atoms with E-state index in [9.17, 15) is 19.8 Å². The molecule has 0 atom stereocenters. The van der Waals surface area contributed by atoms with E-state index < -0.39 is 12.2 Å². The molecule has 0 aliphatic carbocycles. The van der Waals surface area contributed by atoms with Gasteiger partial charge in [-0.3, -0.25) is 10.6 Å². The predicted molar refractivity (Wildman–Crippen MR) is 234 cm³/mol. The maximum Gasteiger partial charge on any atom is 0.417 e. The smallest absolute Gasteiger partial charge is 0.417 e. The molecule has 6 N–H and O–H groups in total. The van der Waals surface area contributed by atoms with Crippen LogP contribution in [-0.4, -0.2) is 35.9 Å². The van der Waals surface area contributed by atoms with Crippen LogP contribution in [0.5, 0.6) is 34.5 Å². The molecule has 0 heterocycles. The Labute approximate surface area is 357 Å². The van der Waals surface area contributed by atoms with Crippen molar-refractivity contribution in [1.82, 2.24) is 0 Å². The zero-order chi connectivity index (χ0) is 42.9. The first-order valence-corrected chi connectivity index (χ1v) is 19.4. The van der Waals surface area contributed by atoms with Crippen LogP contribution < -0.4 is 40.5 Å². The number of ether oxygens (including phenoxy) is 2. The second kappa shape index (κ2) is 21.2. The van der Waals surface area contributed by atoms with Crippen molar-refractivity contribution in [2.75, 3.05) is 34.7 Å². The Bertz CT molecular complexity index is 2540. The van der Waals surface area contributed by atoms with Gasteiger partial charge in [-0.25, -0.2) is 9.59 Å². The highest BCUT2D eigenvalue weighted by molar-refractivity contribution is 5.87. The molecule has 0 saturated carbocycles. The van der Waals surface area contributed by atoms with Gasteiger partial charge in [0.1, 0.15) is 23.0 Å². The van der Waals surface area contributed by atoms with Gasteiger partial charge in [0.25, 0.3) is 0 Å². The Morgan fingerprint density at radius 1 is 0.403 bits per heavy atom. The third-order valence-corrected chi connectivity index (χ3v) is 8.97. The number of rotatable bonds is 18. The minimum absolute atomic E-state index is 0.00946. The second-order valence-electron chi connectivity index (χ2n) is 13.7. The highest BCUT2D eigenvalue weighted by Gasteiger charge is 2.09. The SMILES string of the molecule is O=C(Nc1ccc(Cc2ccc(NCOOc3cccc(OC(=O)Nc4ccc(Cc5ccc(NCOOc6cccc(O)c6)cc5)cc4)c3)cc2)cc1)Oc1cccc(O)c1. The van der Waals surface area contributed by atoms with Gasteiger partial charge in [0, 0.05) is 40.9 Å². The Hall–Kier alpha value is -8.20. The van der Waals surface area contributed by atoms with Crippen LogP contribution >= 0.6 is 0 Å². The van der Waals surface area contributed by atoms with Crippen LogP contribution in [-0.2, 0) is 22.6 Å². The molecule has 0 bridgehead atoms. The summed E-state index contributed by atoms with van der Waals surface area (Å²) in [5.41, 5.74) is 7.15. The predicted octanol–water partition coefficient (Wildman–Crippen LogP) is 10.3. The lowest BCUT2D eigenvalue weighted by Crippen LogP contribution is -2.16.